The van der Waals surface area contributed by atoms with Crippen LogP contribution in [-0.2, 0) is 0 Å². The van der Waals surface area contributed by atoms with Crippen molar-refractivity contribution in [2.75, 3.05) is 23.9 Å². The second-order valence-electron chi connectivity index (χ2n) is 10.2. The highest BCUT2D eigenvalue weighted by atomic mass is 35.5. The van der Waals surface area contributed by atoms with Gasteiger partial charge in [-0.3, -0.25) is 4.90 Å². The maximum atomic E-state index is 10.5. The van der Waals surface area contributed by atoms with Gasteiger partial charge in [0.25, 0.3) is 0 Å². The van der Waals surface area contributed by atoms with E-state index in [9.17, 15) is 5.11 Å². The van der Waals surface area contributed by atoms with E-state index in [-0.39, 0.29) is 16.9 Å². The van der Waals surface area contributed by atoms with Gasteiger partial charge < -0.3 is 15.2 Å². The zero-order valence-corrected chi connectivity index (χ0v) is 25.7. The molecule has 0 radical (unpaired) electrons. The van der Waals surface area contributed by atoms with Crippen LogP contribution in [-0.4, -0.2) is 24.6 Å². The number of nitrogens with zero attached hydrogens (tertiary/aromatic N) is 2. The fourth-order valence-electron chi connectivity index (χ4n) is 5.57. The van der Waals surface area contributed by atoms with Crippen molar-refractivity contribution in [1.82, 2.24) is 0 Å². The number of nitrogens with one attached hydrogen (secondary N) is 1. The molecule has 2 aliphatic heterocycles. The zero-order chi connectivity index (χ0) is 29.3. The van der Waals surface area contributed by atoms with Crippen LogP contribution in [0.1, 0.15) is 10.8 Å². The molecule has 2 atom stereocenters. The molecule has 5 aromatic rings. The molecule has 0 saturated carbocycles. The Morgan fingerprint density at radius 2 is 1.49 bits per heavy atom. The number of fused-ring (bicyclic) bond motifs is 3. The van der Waals surface area contributed by atoms with E-state index in [2.05, 4.69) is 76.9 Å². The quantitative estimate of drug-likeness (QED) is 0.204. The number of methoxy groups -OCH3 is 1. The van der Waals surface area contributed by atoms with Crippen LogP contribution >= 0.6 is 35.1 Å². The van der Waals surface area contributed by atoms with E-state index < -0.39 is 0 Å². The number of ether oxygens (including phenoxy) is 1. The first kappa shape index (κ1) is 27.8. The molecular formula is C35H28ClN3O2S2. The van der Waals surface area contributed by atoms with Crippen LogP contribution in [0.15, 0.2) is 135 Å². The van der Waals surface area contributed by atoms with E-state index in [0.29, 0.717) is 17.3 Å². The van der Waals surface area contributed by atoms with Gasteiger partial charge in [0.15, 0.2) is 11.5 Å². The lowest BCUT2D eigenvalue weighted by Gasteiger charge is -2.38. The number of anilines is 3. The van der Waals surface area contributed by atoms with Gasteiger partial charge in [0.2, 0.25) is 0 Å². The highest BCUT2D eigenvalue weighted by Crippen LogP contribution is 2.53. The molecule has 7 rings (SSSR count). The number of para-hydroxylation sites is 4. The topological polar surface area (TPSA) is 57.1 Å². The van der Waals surface area contributed by atoms with Crippen molar-refractivity contribution < 1.29 is 9.84 Å². The number of benzene rings is 5. The Hall–Kier alpha value is -4.04. The van der Waals surface area contributed by atoms with Crippen molar-refractivity contribution in [3.63, 3.8) is 0 Å². The summed E-state index contributed by atoms with van der Waals surface area (Å²) in [5.41, 5.74) is 5.01. The highest BCUT2D eigenvalue weighted by Gasteiger charge is 2.38. The smallest absolute Gasteiger partial charge is 0.160 e. The van der Waals surface area contributed by atoms with Gasteiger partial charge in [-0.05, 0) is 66.2 Å². The Morgan fingerprint density at radius 3 is 2.21 bits per heavy atom. The van der Waals surface area contributed by atoms with E-state index in [1.165, 1.54) is 9.79 Å². The molecule has 0 aromatic heterocycles. The number of phenolic OH excluding ortho intramolecular Hbond substituents is 1. The summed E-state index contributed by atoms with van der Waals surface area (Å²) in [6.45, 7) is 0.561. The molecule has 0 bridgehead atoms. The van der Waals surface area contributed by atoms with Gasteiger partial charge in [-0.1, -0.05) is 78.0 Å². The minimum absolute atomic E-state index is 0.0826. The number of hydrogen-bond acceptors (Lipinski definition) is 7. The normalized spacial score (nSPS) is 17.2. The summed E-state index contributed by atoms with van der Waals surface area (Å²) in [4.78, 5) is 11.2. The molecule has 2 heterocycles. The maximum Gasteiger partial charge on any atom is 0.160 e. The Balaban J connectivity index is 1.45. The predicted molar refractivity (Wildman–Crippen MR) is 179 cm³/mol. The molecular weight excluding hydrogens is 594 g/mol. The number of thioether (sulfide) groups is 1. The summed E-state index contributed by atoms with van der Waals surface area (Å²) in [7, 11) is 1.58. The number of aliphatic imine (C=N–C) groups is 1. The molecule has 214 valence electrons. The van der Waals surface area contributed by atoms with Gasteiger partial charge in [0.1, 0.15) is 5.84 Å². The van der Waals surface area contributed by atoms with Crippen molar-refractivity contribution in [1.29, 1.82) is 0 Å². The number of aromatic hydroxyl groups is 1. The second-order valence-corrected chi connectivity index (χ2v) is 12.9. The van der Waals surface area contributed by atoms with Crippen LogP contribution in [0, 0.1) is 5.92 Å². The Kier molecular flexibility index (Phi) is 7.70. The average Bonchev–Trinajstić information content (AvgIpc) is 3.20. The van der Waals surface area contributed by atoms with Crippen LogP contribution in [0.4, 0.5) is 22.7 Å². The van der Waals surface area contributed by atoms with E-state index in [4.69, 9.17) is 21.3 Å². The number of amidine groups is 1. The first-order valence-electron chi connectivity index (χ1n) is 14.0. The molecule has 2 aliphatic rings. The summed E-state index contributed by atoms with van der Waals surface area (Å²) in [6, 6.07) is 38.8. The molecule has 5 aromatic carbocycles. The van der Waals surface area contributed by atoms with Crippen molar-refractivity contribution >= 4 is 63.7 Å². The maximum absolute atomic E-state index is 10.5. The summed E-state index contributed by atoms with van der Waals surface area (Å²) in [6.07, 6.45) is 0. The first-order chi connectivity index (χ1) is 21.1. The lowest BCUT2D eigenvalue weighted by atomic mass is 9.94. The van der Waals surface area contributed by atoms with Crippen LogP contribution in [0.25, 0.3) is 0 Å². The van der Waals surface area contributed by atoms with Crippen LogP contribution < -0.4 is 15.0 Å². The third kappa shape index (κ3) is 5.33. The third-order valence-corrected chi connectivity index (χ3v) is 10.5. The van der Waals surface area contributed by atoms with Crippen LogP contribution in [0.5, 0.6) is 11.5 Å². The lowest BCUT2D eigenvalue weighted by molar-refractivity contribution is 0.372. The largest absolute Gasteiger partial charge is 0.504 e. The van der Waals surface area contributed by atoms with Crippen LogP contribution in [0.3, 0.4) is 0 Å². The van der Waals surface area contributed by atoms with Crippen molar-refractivity contribution in [2.45, 2.75) is 19.9 Å². The molecule has 2 unspecified atom stereocenters. The van der Waals surface area contributed by atoms with Crippen molar-refractivity contribution in [2.24, 2.45) is 10.9 Å². The fraction of sp³-hybridized carbons (Fsp3) is 0.114. The molecule has 0 spiro atoms. The van der Waals surface area contributed by atoms with Crippen molar-refractivity contribution in [3.8, 4) is 11.5 Å². The van der Waals surface area contributed by atoms with Gasteiger partial charge in [0.05, 0.1) is 40.8 Å². The van der Waals surface area contributed by atoms with Gasteiger partial charge in [0, 0.05) is 26.5 Å². The van der Waals surface area contributed by atoms with E-state index in [0.717, 1.165) is 39.0 Å². The Morgan fingerprint density at radius 1 is 0.837 bits per heavy atom. The average molecular weight is 622 g/mol. The highest BCUT2D eigenvalue weighted by molar-refractivity contribution is 8.00. The first-order valence-corrected chi connectivity index (χ1v) is 16.0. The number of halogens is 1. The van der Waals surface area contributed by atoms with E-state index in [1.807, 2.05) is 42.5 Å². The lowest BCUT2D eigenvalue weighted by Crippen LogP contribution is -2.39. The number of rotatable bonds is 5. The van der Waals surface area contributed by atoms with E-state index >= 15 is 0 Å². The zero-order valence-electron chi connectivity index (χ0n) is 23.3. The molecule has 8 heteroatoms. The molecule has 0 amide bonds. The summed E-state index contributed by atoms with van der Waals surface area (Å²) in [5, 5.41) is 14.7. The Bertz CT molecular complexity index is 1800. The summed E-state index contributed by atoms with van der Waals surface area (Å²) >= 11 is 10.2. The number of phenols is 1. The minimum atomic E-state index is -0.132. The fourth-order valence-corrected chi connectivity index (χ4v) is 8.16. The standard InChI is InChI=1S/C35H28ClN3O2S2/c1-41-30-20-22(18-19-29(30)40)34-23(21-37-25-11-3-2-10-24(25)36)35(38-26-12-4-7-15-31(26)43-34)39-27-13-5-8-16-32(27)42-33-17-9-6-14-28(33)39/h2-20,23,34,37,40H,21H2,1H3. The Labute approximate surface area is 264 Å². The monoisotopic (exact) mass is 621 g/mol. The van der Waals surface area contributed by atoms with Crippen LogP contribution in [0.2, 0.25) is 5.02 Å². The summed E-state index contributed by atoms with van der Waals surface area (Å²) < 4.78 is 5.56. The molecule has 2 N–H and O–H groups in total. The number of hydrogen-bond donors (Lipinski definition) is 2. The molecule has 0 aliphatic carbocycles. The van der Waals surface area contributed by atoms with Crippen molar-refractivity contribution in [3.05, 3.63) is 126 Å². The van der Waals surface area contributed by atoms with Gasteiger partial charge >= 0.3 is 0 Å². The molecule has 0 fully saturated rings. The predicted octanol–water partition coefficient (Wildman–Crippen LogP) is 9.96. The molecule has 0 saturated heterocycles. The third-order valence-electron chi connectivity index (χ3n) is 7.63. The van der Waals surface area contributed by atoms with E-state index in [1.54, 1.807) is 36.7 Å². The second kappa shape index (κ2) is 11.9. The van der Waals surface area contributed by atoms with Gasteiger partial charge in [-0.2, -0.15) is 0 Å². The van der Waals surface area contributed by atoms with Gasteiger partial charge in [-0.15, -0.1) is 11.8 Å². The summed E-state index contributed by atoms with van der Waals surface area (Å²) in [5.74, 6) is 1.35. The molecule has 5 nitrogen and oxygen atoms in total. The minimum Gasteiger partial charge on any atom is -0.504 e. The molecule has 43 heavy (non-hydrogen) atoms. The van der Waals surface area contributed by atoms with Gasteiger partial charge in [-0.25, -0.2) is 4.99 Å². The SMILES string of the molecule is COc1cc(C2Sc3ccccc3N=C(N3c4ccccc4Sc4ccccc43)C2CNc2ccccc2Cl)ccc1O.